The quantitative estimate of drug-likeness (QED) is 0.771. The Balaban J connectivity index is 2.85. The largest absolute Gasteiger partial charge is 0.494 e. The van der Waals surface area contributed by atoms with Gasteiger partial charge in [-0.05, 0) is 39.0 Å². The predicted octanol–water partition coefficient (Wildman–Crippen LogP) is 1.60. The van der Waals surface area contributed by atoms with Gasteiger partial charge in [-0.25, -0.2) is 8.42 Å². The van der Waals surface area contributed by atoms with E-state index in [2.05, 4.69) is 0 Å². The predicted molar refractivity (Wildman–Crippen MR) is 82.2 cm³/mol. The van der Waals surface area contributed by atoms with Crippen LogP contribution in [0.25, 0.3) is 0 Å². The Hall–Kier alpha value is -1.08. The zero-order valence-electron chi connectivity index (χ0n) is 12.0. The number of hydrogen-bond acceptors (Lipinski definition) is 5. The zero-order valence-corrected chi connectivity index (χ0v) is 13.6. The monoisotopic (exact) mass is 319 g/mol. The second kappa shape index (κ2) is 7.08. The van der Waals surface area contributed by atoms with Gasteiger partial charge in [0.1, 0.15) is 5.75 Å². The molecule has 1 aromatic carbocycles. The minimum Gasteiger partial charge on any atom is -0.494 e. The molecule has 0 aliphatic carbocycles. The lowest BCUT2D eigenvalue weighted by atomic mass is 10.3. The van der Waals surface area contributed by atoms with E-state index in [4.69, 9.17) is 10.5 Å². The van der Waals surface area contributed by atoms with Gasteiger partial charge in [-0.1, -0.05) is 0 Å². The maximum Gasteiger partial charge on any atom is 0.153 e. The van der Waals surface area contributed by atoms with Crippen molar-refractivity contribution >= 4 is 26.3 Å². The Morgan fingerprint density at radius 1 is 1.35 bits per heavy atom. The van der Waals surface area contributed by atoms with Crippen LogP contribution in [0.4, 0.5) is 5.69 Å². The van der Waals surface area contributed by atoms with E-state index >= 15 is 0 Å². The van der Waals surface area contributed by atoms with Crippen molar-refractivity contribution in [3.8, 4) is 5.75 Å². The number of ether oxygens (including phenoxy) is 1. The molecular formula is C13H21NO4S2. The molecule has 1 unspecified atom stereocenters. The second-order valence-corrected chi connectivity index (χ2v) is 8.81. The summed E-state index contributed by atoms with van der Waals surface area (Å²) < 4.78 is 41.0. The molecule has 0 saturated carbocycles. The molecule has 20 heavy (non-hydrogen) atoms. The summed E-state index contributed by atoms with van der Waals surface area (Å²) in [6.45, 7) is 5.57. The lowest BCUT2D eigenvalue weighted by Crippen LogP contribution is -2.21. The maximum absolute atomic E-state index is 12.2. The van der Waals surface area contributed by atoms with Crippen LogP contribution in [-0.4, -0.2) is 36.0 Å². The lowest BCUT2D eigenvalue weighted by Gasteiger charge is -2.10. The van der Waals surface area contributed by atoms with Gasteiger partial charge >= 0.3 is 0 Å². The Bertz CT molecular complexity index is 582. The number of rotatable bonds is 7. The van der Waals surface area contributed by atoms with E-state index < -0.39 is 25.9 Å². The summed E-state index contributed by atoms with van der Waals surface area (Å²) in [6.07, 6.45) is 0. The Labute approximate surface area is 122 Å². The smallest absolute Gasteiger partial charge is 0.153 e. The standard InChI is InChI=1S/C13H21NO4S2/c1-4-18-11-5-6-12(14)13(9-11)19(15)7-8-20(16,17)10(2)3/h5-6,9-10H,4,7-8,14H2,1-3H3. The molecule has 0 aliphatic heterocycles. The first kappa shape index (κ1) is 17.0. The van der Waals surface area contributed by atoms with E-state index in [-0.39, 0.29) is 11.5 Å². The van der Waals surface area contributed by atoms with Crippen molar-refractivity contribution in [3.05, 3.63) is 18.2 Å². The number of nitrogens with two attached hydrogens (primary N) is 1. The molecule has 1 aromatic rings. The van der Waals surface area contributed by atoms with Gasteiger partial charge in [0.05, 0.1) is 33.3 Å². The number of sulfone groups is 1. The van der Waals surface area contributed by atoms with Crippen molar-refractivity contribution < 1.29 is 17.4 Å². The Kier molecular flexibility index (Phi) is 6.01. The third-order valence-electron chi connectivity index (χ3n) is 2.81. The molecule has 2 N–H and O–H groups in total. The molecular weight excluding hydrogens is 298 g/mol. The maximum atomic E-state index is 12.2. The minimum absolute atomic E-state index is 0.0420. The summed E-state index contributed by atoms with van der Waals surface area (Å²) in [6, 6.07) is 4.93. The molecule has 0 aliphatic rings. The van der Waals surface area contributed by atoms with Crippen LogP contribution in [0.1, 0.15) is 20.8 Å². The summed E-state index contributed by atoms with van der Waals surface area (Å²) in [5, 5.41) is -0.466. The van der Waals surface area contributed by atoms with E-state index in [0.29, 0.717) is 22.9 Å². The van der Waals surface area contributed by atoms with Gasteiger partial charge < -0.3 is 10.5 Å². The number of nitrogen functional groups attached to an aromatic ring is 1. The second-order valence-electron chi connectivity index (χ2n) is 4.60. The summed E-state index contributed by atoms with van der Waals surface area (Å²) in [4.78, 5) is 0.426. The Morgan fingerprint density at radius 3 is 2.55 bits per heavy atom. The summed E-state index contributed by atoms with van der Waals surface area (Å²) in [5.74, 6) is 0.507. The summed E-state index contributed by atoms with van der Waals surface area (Å²) in [5.41, 5.74) is 6.17. The highest BCUT2D eigenvalue weighted by Gasteiger charge is 2.19. The molecule has 5 nitrogen and oxygen atoms in total. The fraction of sp³-hybridized carbons (Fsp3) is 0.538. The van der Waals surface area contributed by atoms with Crippen LogP contribution in [0.2, 0.25) is 0 Å². The molecule has 0 amide bonds. The zero-order chi connectivity index (χ0) is 15.3. The topological polar surface area (TPSA) is 86.5 Å². The molecule has 0 aromatic heterocycles. The highest BCUT2D eigenvalue weighted by Crippen LogP contribution is 2.23. The van der Waals surface area contributed by atoms with Crippen molar-refractivity contribution in [3.63, 3.8) is 0 Å². The van der Waals surface area contributed by atoms with Gasteiger partial charge in [-0.15, -0.1) is 0 Å². The average Bonchev–Trinajstić information content (AvgIpc) is 2.38. The van der Waals surface area contributed by atoms with Gasteiger partial charge in [0.2, 0.25) is 0 Å². The number of benzene rings is 1. The number of hydrogen-bond donors (Lipinski definition) is 1. The van der Waals surface area contributed by atoms with Crippen LogP contribution in [0.5, 0.6) is 5.75 Å². The van der Waals surface area contributed by atoms with E-state index in [1.165, 1.54) is 0 Å². The van der Waals surface area contributed by atoms with E-state index in [1.54, 1.807) is 32.0 Å². The van der Waals surface area contributed by atoms with E-state index in [9.17, 15) is 12.6 Å². The van der Waals surface area contributed by atoms with E-state index in [1.807, 2.05) is 6.92 Å². The van der Waals surface area contributed by atoms with Gasteiger partial charge in [-0.3, -0.25) is 4.21 Å². The molecule has 1 atom stereocenters. The summed E-state index contributed by atoms with van der Waals surface area (Å²) >= 11 is 0. The van der Waals surface area contributed by atoms with E-state index in [0.717, 1.165) is 0 Å². The first-order valence-electron chi connectivity index (χ1n) is 6.40. The molecule has 7 heteroatoms. The normalized spacial score (nSPS) is 13.4. The Morgan fingerprint density at radius 2 is 2.00 bits per heavy atom. The molecule has 114 valence electrons. The lowest BCUT2D eigenvalue weighted by molar-refractivity contribution is 0.339. The van der Waals surface area contributed by atoms with Crippen LogP contribution in [0.3, 0.4) is 0 Å². The highest BCUT2D eigenvalue weighted by atomic mass is 32.2. The molecule has 1 rings (SSSR count). The number of anilines is 1. The third kappa shape index (κ3) is 4.49. The molecule has 0 bridgehead atoms. The molecule has 0 heterocycles. The molecule has 0 saturated heterocycles. The average molecular weight is 319 g/mol. The third-order valence-corrected chi connectivity index (χ3v) is 6.70. The van der Waals surface area contributed by atoms with Crippen LogP contribution in [0, 0.1) is 0 Å². The van der Waals surface area contributed by atoms with Crippen LogP contribution in [0.15, 0.2) is 23.1 Å². The SMILES string of the molecule is CCOc1ccc(N)c(S(=O)CCS(=O)(=O)C(C)C)c1. The van der Waals surface area contributed by atoms with Crippen molar-refractivity contribution in [1.82, 2.24) is 0 Å². The van der Waals surface area contributed by atoms with Crippen LogP contribution in [-0.2, 0) is 20.6 Å². The first-order chi connectivity index (χ1) is 9.27. The van der Waals surface area contributed by atoms with Crippen molar-refractivity contribution in [1.29, 1.82) is 0 Å². The fourth-order valence-corrected chi connectivity index (χ4v) is 4.31. The first-order valence-corrected chi connectivity index (χ1v) is 9.43. The summed E-state index contributed by atoms with van der Waals surface area (Å²) in [7, 11) is -4.66. The molecule has 0 fully saturated rings. The van der Waals surface area contributed by atoms with Gasteiger partial charge in [0, 0.05) is 11.4 Å². The van der Waals surface area contributed by atoms with Crippen LogP contribution < -0.4 is 10.5 Å². The highest BCUT2D eigenvalue weighted by molar-refractivity contribution is 7.93. The van der Waals surface area contributed by atoms with Crippen molar-refractivity contribution in [2.24, 2.45) is 0 Å². The molecule has 0 radical (unpaired) electrons. The van der Waals surface area contributed by atoms with Crippen molar-refractivity contribution in [2.75, 3.05) is 23.8 Å². The molecule has 0 spiro atoms. The van der Waals surface area contributed by atoms with Crippen molar-refractivity contribution in [2.45, 2.75) is 30.9 Å². The minimum atomic E-state index is -3.20. The van der Waals surface area contributed by atoms with Gasteiger partial charge in [0.25, 0.3) is 0 Å². The van der Waals surface area contributed by atoms with Crippen LogP contribution >= 0.6 is 0 Å². The van der Waals surface area contributed by atoms with Gasteiger partial charge in [0.15, 0.2) is 9.84 Å². The fourth-order valence-electron chi connectivity index (χ4n) is 1.51. The van der Waals surface area contributed by atoms with Gasteiger partial charge in [-0.2, -0.15) is 0 Å².